The Bertz CT molecular complexity index is 1020. The third-order valence-electron chi connectivity index (χ3n) is 7.30. The first kappa shape index (κ1) is 26.1. The van der Waals surface area contributed by atoms with Gasteiger partial charge in [0.25, 0.3) is 0 Å². The van der Waals surface area contributed by atoms with Crippen LogP contribution < -0.4 is 11.5 Å². The summed E-state index contributed by atoms with van der Waals surface area (Å²) in [7, 11) is -3.82. The van der Waals surface area contributed by atoms with Crippen molar-refractivity contribution in [1.29, 1.82) is 5.41 Å². The minimum absolute atomic E-state index is 0.0448. The van der Waals surface area contributed by atoms with Crippen molar-refractivity contribution in [1.82, 2.24) is 9.21 Å². The van der Waals surface area contributed by atoms with Crippen LogP contribution in [0.1, 0.15) is 38.2 Å². The molecule has 0 aromatic heterocycles. The number of primary amides is 1. The van der Waals surface area contributed by atoms with Crippen LogP contribution >= 0.6 is 0 Å². The summed E-state index contributed by atoms with van der Waals surface area (Å²) in [4.78, 5) is 28.5. The molecule has 5 N–H and O–H groups in total. The van der Waals surface area contributed by atoms with Gasteiger partial charge in [0.05, 0.1) is 12.8 Å². The molecule has 0 aliphatic carbocycles. The molecule has 34 heavy (non-hydrogen) atoms. The van der Waals surface area contributed by atoms with Gasteiger partial charge in [-0.05, 0) is 31.2 Å². The number of hydrogen-bond acceptors (Lipinski definition) is 5. The number of carbonyl (C=O) groups is 2. The van der Waals surface area contributed by atoms with Crippen molar-refractivity contribution >= 4 is 27.9 Å². The maximum atomic E-state index is 14.1. The quantitative estimate of drug-likeness (QED) is 0.294. The molecule has 11 heteroatoms. The summed E-state index contributed by atoms with van der Waals surface area (Å²) in [5.41, 5.74) is 12.3. The van der Waals surface area contributed by atoms with Gasteiger partial charge in [-0.1, -0.05) is 30.3 Å². The molecule has 2 saturated heterocycles. The first-order valence-electron chi connectivity index (χ1n) is 11.8. The molecule has 188 valence electrons. The molecule has 2 fully saturated rings. The van der Waals surface area contributed by atoms with Gasteiger partial charge in [-0.15, -0.1) is 0 Å². The van der Waals surface area contributed by atoms with Crippen molar-refractivity contribution in [2.24, 2.45) is 17.4 Å². The highest BCUT2D eigenvalue weighted by molar-refractivity contribution is 7.88. The second kappa shape index (κ2) is 10.4. The number of benzene rings is 1. The number of likely N-dealkylation sites (tertiary alicyclic amines) is 2. The highest BCUT2D eigenvalue weighted by Crippen LogP contribution is 2.31. The summed E-state index contributed by atoms with van der Waals surface area (Å²) >= 11 is 0. The first-order valence-corrected chi connectivity index (χ1v) is 13.6. The summed E-state index contributed by atoms with van der Waals surface area (Å²) < 4.78 is 26.9. The molecule has 3 rings (SSSR count). The van der Waals surface area contributed by atoms with Gasteiger partial charge in [0.1, 0.15) is 12.1 Å². The van der Waals surface area contributed by atoms with Crippen molar-refractivity contribution in [2.45, 2.75) is 51.1 Å². The molecule has 1 aromatic rings. The number of carbonyl (C=O) groups excluding carboxylic acids is 2. The first-order chi connectivity index (χ1) is 16.0. The van der Waals surface area contributed by atoms with E-state index in [9.17, 15) is 18.0 Å². The largest absolute Gasteiger partial charge is 0.421 e. The van der Waals surface area contributed by atoms with Crippen molar-refractivity contribution < 1.29 is 22.5 Å². The van der Waals surface area contributed by atoms with Crippen LogP contribution in [0.2, 0.25) is 0 Å². The van der Waals surface area contributed by atoms with Crippen LogP contribution in [-0.2, 0) is 21.2 Å². The second-order valence-corrected chi connectivity index (χ2v) is 11.6. The normalized spacial score (nSPS) is 26.4. The summed E-state index contributed by atoms with van der Waals surface area (Å²) in [6.45, 7) is 3.31. The van der Waals surface area contributed by atoms with E-state index in [0.717, 1.165) is 24.7 Å². The van der Waals surface area contributed by atoms with E-state index in [1.54, 1.807) is 4.90 Å². The van der Waals surface area contributed by atoms with Gasteiger partial charge in [0.15, 0.2) is 5.96 Å². The summed E-state index contributed by atoms with van der Waals surface area (Å²) in [6.07, 6.45) is 4.12. The van der Waals surface area contributed by atoms with E-state index >= 15 is 0 Å². The van der Waals surface area contributed by atoms with E-state index in [2.05, 4.69) is 0 Å². The van der Waals surface area contributed by atoms with Gasteiger partial charge in [-0.25, -0.2) is 18.0 Å². The number of urea groups is 1. The highest BCUT2D eigenvalue weighted by Gasteiger charge is 2.55. The molecule has 0 bridgehead atoms. The fourth-order valence-electron chi connectivity index (χ4n) is 5.44. The molecule has 4 atom stereocenters. The predicted octanol–water partition coefficient (Wildman–Crippen LogP) is 1.07. The summed E-state index contributed by atoms with van der Waals surface area (Å²) in [5.74, 6) is -0.612. The van der Waals surface area contributed by atoms with Gasteiger partial charge in [-0.3, -0.25) is 5.41 Å². The zero-order valence-electron chi connectivity index (χ0n) is 20.0. The maximum absolute atomic E-state index is 14.1. The van der Waals surface area contributed by atoms with Crippen LogP contribution in [0.15, 0.2) is 30.3 Å². The highest BCUT2D eigenvalue weighted by atomic mass is 32.2. The van der Waals surface area contributed by atoms with Crippen molar-refractivity contribution in [3.8, 4) is 0 Å². The Hall–Kier alpha value is -2.50. The SMILES string of the molecule is C[C@@H]1CCC[N+]1(C(N)=O)C(=O)[C@@H](Cc1ccccc1)N(CC1CCCN(C(=N)N)C1)S(C)(=O)=O. The predicted molar refractivity (Wildman–Crippen MR) is 130 cm³/mol. The average Bonchev–Trinajstić information content (AvgIpc) is 3.18. The van der Waals surface area contributed by atoms with Crippen LogP contribution in [0, 0.1) is 11.3 Å². The van der Waals surface area contributed by atoms with Gasteiger partial charge in [-0.2, -0.15) is 8.79 Å². The Labute approximate surface area is 202 Å². The van der Waals surface area contributed by atoms with Crippen LogP contribution in [0.3, 0.4) is 0 Å². The fraction of sp³-hybridized carbons (Fsp3) is 0.609. The number of guanidine groups is 1. The van der Waals surface area contributed by atoms with Crippen LogP contribution in [0.25, 0.3) is 0 Å². The molecule has 2 aliphatic heterocycles. The standard InChI is InChI=1S/C23H36N6O4S/c1-17-8-7-13-29(17,23(26)31)21(30)20(14-18-9-4-3-5-10-18)28(34(2,32)33)16-19-11-6-12-27(15-19)22(24)25/h3-5,9-10,17,19-20H,6-8,11-16H2,1-2H3,(H4-,24,25,26,31)/p+1/t17-,19?,20-,29?/m1/s1. The lowest BCUT2D eigenvalue weighted by Crippen LogP contribution is -2.67. The number of piperidine rings is 1. The van der Waals surface area contributed by atoms with Gasteiger partial charge in [0.2, 0.25) is 10.0 Å². The van der Waals surface area contributed by atoms with E-state index in [4.69, 9.17) is 16.9 Å². The zero-order chi connectivity index (χ0) is 25.1. The molecule has 1 aromatic carbocycles. The zero-order valence-corrected chi connectivity index (χ0v) is 20.8. The number of imide groups is 1. The lowest BCUT2D eigenvalue weighted by atomic mass is 9.96. The lowest BCUT2D eigenvalue weighted by molar-refractivity contribution is -0.784. The summed E-state index contributed by atoms with van der Waals surface area (Å²) in [5, 5.41) is 7.76. The number of nitrogens with two attached hydrogens (primary N) is 2. The molecule has 0 saturated carbocycles. The molecule has 0 radical (unpaired) electrons. The van der Waals surface area contributed by atoms with E-state index in [1.165, 1.54) is 4.31 Å². The Morgan fingerprint density at radius 3 is 2.41 bits per heavy atom. The van der Waals surface area contributed by atoms with Gasteiger partial charge < -0.3 is 16.4 Å². The number of nitrogens with zero attached hydrogens (tertiary/aromatic N) is 3. The van der Waals surface area contributed by atoms with Crippen molar-refractivity contribution in [3.05, 3.63) is 35.9 Å². The van der Waals surface area contributed by atoms with Crippen LogP contribution in [0.4, 0.5) is 4.79 Å². The number of quaternary nitrogens is 1. The lowest BCUT2D eigenvalue weighted by Gasteiger charge is -2.40. The molecule has 3 amide bonds. The second-order valence-electron chi connectivity index (χ2n) is 9.64. The fourth-order valence-corrected chi connectivity index (χ4v) is 6.55. The minimum atomic E-state index is -3.82. The topological polar surface area (TPSA) is 151 Å². The molecule has 10 nitrogen and oxygen atoms in total. The van der Waals surface area contributed by atoms with Crippen LogP contribution in [0.5, 0.6) is 0 Å². The van der Waals surface area contributed by atoms with Crippen molar-refractivity contribution in [2.75, 3.05) is 32.4 Å². The minimum Gasteiger partial charge on any atom is -0.370 e. The van der Waals surface area contributed by atoms with Gasteiger partial charge >= 0.3 is 11.9 Å². The van der Waals surface area contributed by atoms with E-state index < -0.39 is 32.5 Å². The smallest absolute Gasteiger partial charge is 0.370 e. The van der Waals surface area contributed by atoms with Crippen molar-refractivity contribution in [3.63, 3.8) is 0 Å². The number of hydrogen-bond donors (Lipinski definition) is 3. The number of amides is 3. The Balaban J connectivity index is 2.01. The average molecular weight is 494 g/mol. The number of sulfonamides is 1. The summed E-state index contributed by atoms with van der Waals surface area (Å²) in [6, 6.07) is 7.11. The maximum Gasteiger partial charge on any atom is 0.421 e. The third kappa shape index (κ3) is 5.42. The molecule has 2 heterocycles. The molecule has 2 unspecified atom stereocenters. The monoisotopic (exact) mass is 493 g/mol. The van der Waals surface area contributed by atoms with E-state index in [-0.39, 0.29) is 37.4 Å². The Morgan fingerprint density at radius 2 is 1.88 bits per heavy atom. The molecule has 2 aliphatic rings. The number of rotatable bonds is 7. The number of nitrogens with one attached hydrogen (secondary N) is 1. The Kier molecular flexibility index (Phi) is 7.99. The van der Waals surface area contributed by atoms with Crippen LogP contribution in [-0.4, -0.2) is 84.5 Å². The van der Waals surface area contributed by atoms with E-state index in [1.807, 2.05) is 37.3 Å². The molecular formula is C23H37N6O4S+. The van der Waals surface area contributed by atoms with Gasteiger partial charge in [0, 0.05) is 38.9 Å². The molecule has 0 spiro atoms. The Morgan fingerprint density at radius 1 is 1.21 bits per heavy atom. The van der Waals surface area contributed by atoms with E-state index in [0.29, 0.717) is 25.9 Å². The molecular weight excluding hydrogens is 456 g/mol. The third-order valence-corrected chi connectivity index (χ3v) is 8.56.